The molecule has 7 N–H and O–H groups in total. The number of benzene rings is 1. The first-order chi connectivity index (χ1) is 20.3. The van der Waals surface area contributed by atoms with Crippen LogP contribution in [0.3, 0.4) is 0 Å². The summed E-state index contributed by atoms with van der Waals surface area (Å²) < 4.78 is 48.4. The minimum Gasteiger partial charge on any atom is -0.393 e. The number of fused-ring (bicyclic) bond motifs is 5. The number of halogens is 2. The maximum absolute atomic E-state index is 13.1. The summed E-state index contributed by atoms with van der Waals surface area (Å²) in [6, 6.07) is 0.699. The second kappa shape index (κ2) is 11.9. The van der Waals surface area contributed by atoms with Crippen molar-refractivity contribution >= 4 is 54.8 Å². The first kappa shape index (κ1) is 34.3. The van der Waals surface area contributed by atoms with Gasteiger partial charge in [-0.15, -0.1) is 0 Å². The van der Waals surface area contributed by atoms with Gasteiger partial charge in [0.15, 0.2) is 0 Å². The number of nitrogens with two attached hydrogens (primary N) is 2. The van der Waals surface area contributed by atoms with Crippen LogP contribution in [0, 0.1) is 46.3 Å². The van der Waals surface area contributed by atoms with Crippen LogP contribution >= 0.6 is 23.2 Å². The molecule has 4 aliphatic carbocycles. The minimum atomic E-state index is -4.51. The predicted molar refractivity (Wildman–Crippen MR) is 169 cm³/mol. The Bertz CT molecular complexity index is 1540. The van der Waals surface area contributed by atoms with Gasteiger partial charge < -0.3 is 15.5 Å². The van der Waals surface area contributed by atoms with Gasteiger partial charge in [-0.25, -0.2) is 27.1 Å². The first-order valence-corrected chi connectivity index (χ1v) is 19.4. The molecule has 248 valence electrons. The van der Waals surface area contributed by atoms with E-state index in [4.69, 9.17) is 33.5 Å². The number of carbonyl (C=O) groups excluding carboxylic acids is 1. The highest BCUT2D eigenvalue weighted by Crippen LogP contribution is 2.68. The average molecular weight is 695 g/mol. The third-order valence-corrected chi connectivity index (χ3v) is 15.1. The zero-order chi connectivity index (χ0) is 32.6. The van der Waals surface area contributed by atoms with E-state index in [1.807, 2.05) is 0 Å². The van der Waals surface area contributed by atoms with Crippen molar-refractivity contribution in [2.75, 3.05) is 5.32 Å². The Morgan fingerprint density at radius 3 is 2.20 bits per heavy atom. The molecule has 0 aliphatic heterocycles. The van der Waals surface area contributed by atoms with Crippen LogP contribution < -0.4 is 15.6 Å². The lowest BCUT2D eigenvalue weighted by atomic mass is 9.43. The molecule has 0 saturated heterocycles. The highest BCUT2D eigenvalue weighted by molar-refractivity contribution is 7.90. The van der Waals surface area contributed by atoms with Gasteiger partial charge in [0.05, 0.1) is 27.9 Å². The lowest BCUT2D eigenvalue weighted by Gasteiger charge is -2.62. The van der Waals surface area contributed by atoms with Crippen molar-refractivity contribution in [3.05, 3.63) is 16.1 Å². The lowest BCUT2D eigenvalue weighted by molar-refractivity contribution is -0.174. The van der Waals surface area contributed by atoms with Gasteiger partial charge in [0.2, 0.25) is 26.0 Å². The molecule has 0 bridgehead atoms. The molecule has 0 heterocycles. The fourth-order valence-electron chi connectivity index (χ4n) is 10.1. The number of amides is 1. The number of sulfonamides is 2. The molecule has 0 radical (unpaired) electrons. The van der Waals surface area contributed by atoms with Gasteiger partial charge in [0.1, 0.15) is 9.79 Å². The number of rotatable bonds is 7. The SMILES string of the molecule is C[C@H](CCC(=O)Nc1c(S(N)(=O)=O)cc(S(N)(=O)=O)c(Cl)c1Cl)[C@H]1CC[C@H]2[C@@H]3[C@H](O)C[C@@H]4C[C@H](O)CC[C@]4(C)[C@H]3CC[C@]12C. The van der Waals surface area contributed by atoms with Crippen LogP contribution in [0.5, 0.6) is 0 Å². The molecule has 10 atom stereocenters. The van der Waals surface area contributed by atoms with Crippen molar-refractivity contribution in [2.45, 2.75) is 107 Å². The van der Waals surface area contributed by atoms with Crippen molar-refractivity contribution in [3.63, 3.8) is 0 Å². The number of aliphatic hydroxyl groups is 2. The number of hydrogen-bond acceptors (Lipinski definition) is 7. The number of aliphatic hydroxyl groups excluding tert-OH is 2. The molecule has 4 fully saturated rings. The third-order valence-electron chi connectivity index (χ3n) is 12.3. The molecule has 44 heavy (non-hydrogen) atoms. The van der Waals surface area contributed by atoms with Crippen molar-refractivity contribution in [2.24, 2.45) is 56.6 Å². The largest absolute Gasteiger partial charge is 0.393 e. The molecule has 10 nitrogen and oxygen atoms in total. The lowest BCUT2D eigenvalue weighted by Crippen LogP contribution is -2.58. The van der Waals surface area contributed by atoms with Crippen molar-refractivity contribution in [1.29, 1.82) is 0 Å². The van der Waals surface area contributed by atoms with E-state index in [1.165, 1.54) is 0 Å². The molecule has 1 aromatic rings. The molecule has 1 aromatic carbocycles. The molecule has 4 saturated carbocycles. The minimum absolute atomic E-state index is 0.0383. The second-order valence-electron chi connectivity index (χ2n) is 14.5. The zero-order valence-electron chi connectivity index (χ0n) is 25.4. The van der Waals surface area contributed by atoms with Crippen molar-refractivity contribution in [1.82, 2.24) is 0 Å². The zero-order valence-corrected chi connectivity index (χ0v) is 28.6. The van der Waals surface area contributed by atoms with Crippen LogP contribution in [0.25, 0.3) is 0 Å². The van der Waals surface area contributed by atoms with E-state index < -0.39 is 45.8 Å². The van der Waals surface area contributed by atoms with E-state index >= 15 is 0 Å². The number of anilines is 1. The molecule has 1 amide bonds. The van der Waals surface area contributed by atoms with Gasteiger partial charge in [0, 0.05) is 6.42 Å². The fraction of sp³-hybridized carbons (Fsp3) is 0.767. The van der Waals surface area contributed by atoms with Crippen LogP contribution in [-0.2, 0) is 24.8 Å². The average Bonchev–Trinajstić information content (AvgIpc) is 3.26. The van der Waals surface area contributed by atoms with Crippen LogP contribution in [0.4, 0.5) is 5.69 Å². The van der Waals surface area contributed by atoms with Crippen LogP contribution in [0.15, 0.2) is 15.9 Å². The monoisotopic (exact) mass is 693 g/mol. The van der Waals surface area contributed by atoms with Gasteiger partial charge in [-0.2, -0.15) is 0 Å². The summed E-state index contributed by atoms with van der Waals surface area (Å²) in [4.78, 5) is 11.7. The Morgan fingerprint density at radius 2 is 1.57 bits per heavy atom. The fourth-order valence-corrected chi connectivity index (χ4v) is 12.3. The first-order valence-electron chi connectivity index (χ1n) is 15.5. The normalized spacial score (nSPS) is 37.9. The molecule has 0 unspecified atom stereocenters. The highest BCUT2D eigenvalue weighted by Gasteiger charge is 2.62. The maximum Gasteiger partial charge on any atom is 0.240 e. The second-order valence-corrected chi connectivity index (χ2v) is 18.3. The van der Waals surface area contributed by atoms with Gasteiger partial charge in [0.25, 0.3) is 0 Å². The summed E-state index contributed by atoms with van der Waals surface area (Å²) in [7, 11) is -8.93. The number of primary sulfonamides is 2. The smallest absolute Gasteiger partial charge is 0.240 e. The quantitative estimate of drug-likeness (QED) is 0.275. The summed E-state index contributed by atoms with van der Waals surface area (Å²) >= 11 is 12.3. The molecule has 0 spiro atoms. The summed E-state index contributed by atoms with van der Waals surface area (Å²) in [6.45, 7) is 6.91. The van der Waals surface area contributed by atoms with Gasteiger partial charge in [-0.1, -0.05) is 44.0 Å². The Hall–Kier alpha value is -0.990. The summed E-state index contributed by atoms with van der Waals surface area (Å²) in [5, 5.41) is 33.8. The molecular formula is C30H45Cl2N3O7S2. The van der Waals surface area contributed by atoms with Crippen LogP contribution in [-0.4, -0.2) is 45.2 Å². The molecule has 14 heteroatoms. The highest BCUT2D eigenvalue weighted by atomic mass is 35.5. The van der Waals surface area contributed by atoms with Gasteiger partial charge in [-0.05, 0) is 110 Å². The maximum atomic E-state index is 13.1. The summed E-state index contributed by atoms with van der Waals surface area (Å²) in [5.41, 5.74) is -0.196. The van der Waals surface area contributed by atoms with Crippen molar-refractivity contribution in [3.8, 4) is 0 Å². The van der Waals surface area contributed by atoms with E-state index in [2.05, 4.69) is 26.1 Å². The topological polar surface area (TPSA) is 190 Å². The van der Waals surface area contributed by atoms with Gasteiger partial charge in [-0.3, -0.25) is 4.79 Å². The predicted octanol–water partition coefficient (Wildman–Crippen LogP) is 4.63. The van der Waals surface area contributed by atoms with Crippen LogP contribution in [0.1, 0.15) is 85.0 Å². The van der Waals surface area contributed by atoms with E-state index in [9.17, 15) is 31.8 Å². The van der Waals surface area contributed by atoms with E-state index in [1.54, 1.807) is 0 Å². The Labute approximate surface area is 270 Å². The Kier molecular flexibility index (Phi) is 9.30. The number of hydrogen-bond donors (Lipinski definition) is 5. The number of nitrogens with one attached hydrogen (secondary N) is 1. The van der Waals surface area contributed by atoms with Gasteiger partial charge >= 0.3 is 0 Å². The Morgan fingerprint density at radius 1 is 0.955 bits per heavy atom. The molecule has 4 aliphatic rings. The Balaban J connectivity index is 1.29. The number of carbonyl (C=O) groups is 1. The summed E-state index contributed by atoms with van der Waals surface area (Å²) in [5.74, 6) is 1.49. The van der Waals surface area contributed by atoms with E-state index in [0.717, 1.165) is 51.4 Å². The van der Waals surface area contributed by atoms with E-state index in [0.29, 0.717) is 36.2 Å². The van der Waals surface area contributed by atoms with Crippen molar-refractivity contribution < 1.29 is 31.8 Å². The third kappa shape index (κ3) is 5.95. The molecular weight excluding hydrogens is 649 g/mol. The molecule has 5 rings (SSSR count). The molecule has 0 aromatic heterocycles. The summed E-state index contributed by atoms with van der Waals surface area (Å²) in [6.07, 6.45) is 7.57. The van der Waals surface area contributed by atoms with E-state index in [-0.39, 0.29) is 47.0 Å². The standard InChI is InChI=1S/C30H45Cl2N3O7S2/c1-15(4-7-24(38)35-28-23(44(34,41)42)14-22(43(33,39)40)26(31)27(28)32)18-5-6-19-25-20(9-11-30(18,19)3)29(2)10-8-17(36)12-16(29)13-21(25)37/h14-21,25,36-37H,4-13H2,1-3H3,(H,35,38)(H2,33,39,40)(H2,34,41,42)/t15-,16+,17-,18-,19+,20+,21-,25+,29+,30-/m1/s1. The van der Waals surface area contributed by atoms with Crippen LogP contribution in [0.2, 0.25) is 10.0 Å².